The topological polar surface area (TPSA) is 49.7 Å². The van der Waals surface area contributed by atoms with Gasteiger partial charge in [-0.2, -0.15) is 0 Å². The molecule has 4 unspecified atom stereocenters. The predicted molar refractivity (Wildman–Crippen MR) is 84.9 cm³/mol. The summed E-state index contributed by atoms with van der Waals surface area (Å²) in [6.45, 7) is 8.24. The number of aliphatic hydroxyl groups excluding tert-OH is 1. The van der Waals surface area contributed by atoms with Gasteiger partial charge in [-0.25, -0.2) is 0 Å². The smallest absolute Gasteiger partial charge is 0.172 e. The van der Waals surface area contributed by atoms with Gasteiger partial charge in [-0.15, -0.1) is 0 Å². The Kier molecular flexibility index (Phi) is 5.38. The van der Waals surface area contributed by atoms with Gasteiger partial charge in [0.15, 0.2) is 5.79 Å². The van der Waals surface area contributed by atoms with Crippen molar-refractivity contribution in [1.82, 2.24) is 0 Å². The van der Waals surface area contributed by atoms with Crippen molar-refractivity contribution >= 4 is 0 Å². The van der Waals surface area contributed by atoms with Crippen molar-refractivity contribution in [2.45, 2.75) is 96.6 Å². The third-order valence-corrected chi connectivity index (χ3v) is 6.48. The number of aliphatic hydroxyl groups is 2. The van der Waals surface area contributed by atoms with Gasteiger partial charge >= 0.3 is 0 Å². The van der Waals surface area contributed by atoms with Crippen LogP contribution in [-0.4, -0.2) is 27.7 Å². The third-order valence-electron chi connectivity index (χ3n) is 6.48. The van der Waals surface area contributed by atoms with E-state index in [0.29, 0.717) is 0 Å². The minimum absolute atomic E-state index is 0.0261. The van der Waals surface area contributed by atoms with Crippen LogP contribution in [0.3, 0.4) is 0 Å². The lowest BCUT2D eigenvalue weighted by molar-refractivity contribution is -0.376. The lowest BCUT2D eigenvalue weighted by atomic mass is 9.68. The second kappa shape index (κ2) is 6.55. The SMILES string of the molecule is CCC1(CC)OC(O)(C2CCCCCC2)C(C)C(C)C1O. The van der Waals surface area contributed by atoms with Crippen LogP contribution in [0.15, 0.2) is 0 Å². The number of hydrogen-bond acceptors (Lipinski definition) is 3. The Morgan fingerprint density at radius 3 is 2.00 bits per heavy atom. The molecular formula is C18H34O3. The molecule has 1 saturated heterocycles. The fourth-order valence-electron chi connectivity index (χ4n) is 4.57. The molecule has 0 amide bonds. The van der Waals surface area contributed by atoms with Crippen LogP contribution in [0.2, 0.25) is 0 Å². The van der Waals surface area contributed by atoms with E-state index in [4.69, 9.17) is 4.74 Å². The van der Waals surface area contributed by atoms with E-state index in [1.54, 1.807) is 0 Å². The van der Waals surface area contributed by atoms with Gasteiger partial charge < -0.3 is 14.9 Å². The molecule has 1 aliphatic carbocycles. The monoisotopic (exact) mass is 298 g/mol. The molecule has 0 radical (unpaired) electrons. The predicted octanol–water partition coefficient (Wildman–Crippen LogP) is 3.87. The van der Waals surface area contributed by atoms with Gasteiger partial charge in [0.25, 0.3) is 0 Å². The highest BCUT2D eigenvalue weighted by atomic mass is 16.6. The molecule has 1 heterocycles. The molecule has 0 bridgehead atoms. The maximum atomic E-state index is 11.4. The molecule has 1 aliphatic heterocycles. The molecule has 1 saturated carbocycles. The van der Waals surface area contributed by atoms with Crippen molar-refractivity contribution in [2.75, 3.05) is 0 Å². The molecule has 2 fully saturated rings. The molecule has 2 N–H and O–H groups in total. The van der Waals surface area contributed by atoms with Gasteiger partial charge in [-0.05, 0) is 31.6 Å². The van der Waals surface area contributed by atoms with Gasteiger partial charge in [0.05, 0.1) is 11.7 Å². The van der Waals surface area contributed by atoms with Gasteiger partial charge in [0.1, 0.15) is 0 Å². The fourth-order valence-corrected chi connectivity index (χ4v) is 4.57. The van der Waals surface area contributed by atoms with Gasteiger partial charge in [0, 0.05) is 11.8 Å². The summed E-state index contributed by atoms with van der Waals surface area (Å²) in [6.07, 6.45) is 8.01. The van der Waals surface area contributed by atoms with Crippen molar-refractivity contribution < 1.29 is 14.9 Å². The number of rotatable bonds is 3. The van der Waals surface area contributed by atoms with Crippen LogP contribution < -0.4 is 0 Å². The van der Waals surface area contributed by atoms with Crippen LogP contribution in [0.25, 0.3) is 0 Å². The quantitative estimate of drug-likeness (QED) is 0.778. The molecule has 0 spiro atoms. The highest BCUT2D eigenvalue weighted by Gasteiger charge is 2.58. The second-order valence-corrected chi connectivity index (χ2v) is 7.41. The summed E-state index contributed by atoms with van der Waals surface area (Å²) < 4.78 is 6.36. The summed E-state index contributed by atoms with van der Waals surface area (Å²) in [5.41, 5.74) is -0.590. The zero-order chi connectivity index (χ0) is 15.7. The maximum absolute atomic E-state index is 11.4. The van der Waals surface area contributed by atoms with E-state index < -0.39 is 17.5 Å². The lowest BCUT2D eigenvalue weighted by Crippen LogP contribution is -2.65. The highest BCUT2D eigenvalue weighted by Crippen LogP contribution is 2.50. The van der Waals surface area contributed by atoms with Crippen LogP contribution in [0.5, 0.6) is 0 Å². The summed E-state index contributed by atoms with van der Waals surface area (Å²) >= 11 is 0. The van der Waals surface area contributed by atoms with Crippen LogP contribution >= 0.6 is 0 Å². The standard InChI is InChI=1S/C18H34O3/c1-5-17(6-2)16(19)13(3)14(4)18(20,21-17)15-11-9-7-8-10-12-15/h13-16,19-20H,5-12H2,1-4H3. The summed E-state index contributed by atoms with van der Waals surface area (Å²) in [5, 5.41) is 22.2. The lowest BCUT2D eigenvalue weighted by Gasteiger charge is -2.56. The number of ether oxygens (including phenoxy) is 1. The first-order valence-electron chi connectivity index (χ1n) is 9.02. The average Bonchev–Trinajstić information content (AvgIpc) is 2.79. The summed E-state index contributed by atoms with van der Waals surface area (Å²) in [5.74, 6) is -0.828. The van der Waals surface area contributed by atoms with E-state index >= 15 is 0 Å². The first-order valence-corrected chi connectivity index (χ1v) is 9.02. The Labute approximate surface area is 130 Å². The van der Waals surface area contributed by atoms with Crippen LogP contribution in [0.4, 0.5) is 0 Å². The molecule has 3 heteroatoms. The molecule has 0 aromatic rings. The van der Waals surface area contributed by atoms with Crippen LogP contribution in [0.1, 0.15) is 79.1 Å². The van der Waals surface area contributed by atoms with E-state index in [9.17, 15) is 10.2 Å². The minimum atomic E-state index is -1.07. The zero-order valence-corrected chi connectivity index (χ0v) is 14.3. The molecule has 0 aromatic heterocycles. The summed E-state index contributed by atoms with van der Waals surface area (Å²) in [6, 6.07) is 0. The van der Waals surface area contributed by atoms with Crippen molar-refractivity contribution in [3.8, 4) is 0 Å². The highest BCUT2D eigenvalue weighted by molar-refractivity contribution is 5.02. The van der Waals surface area contributed by atoms with E-state index in [0.717, 1.165) is 25.7 Å². The minimum Gasteiger partial charge on any atom is -0.390 e. The Bertz CT molecular complexity index is 331. The fraction of sp³-hybridized carbons (Fsp3) is 1.00. The van der Waals surface area contributed by atoms with Gasteiger partial charge in [0.2, 0.25) is 0 Å². The molecule has 124 valence electrons. The van der Waals surface area contributed by atoms with Gasteiger partial charge in [-0.1, -0.05) is 53.4 Å². The van der Waals surface area contributed by atoms with Crippen molar-refractivity contribution in [3.63, 3.8) is 0 Å². The summed E-state index contributed by atoms with van der Waals surface area (Å²) in [4.78, 5) is 0. The third kappa shape index (κ3) is 2.89. The zero-order valence-electron chi connectivity index (χ0n) is 14.3. The average molecular weight is 298 g/mol. The molecule has 4 atom stereocenters. The molecule has 0 aromatic carbocycles. The van der Waals surface area contributed by atoms with Crippen LogP contribution in [-0.2, 0) is 4.74 Å². The first-order chi connectivity index (χ1) is 9.91. The van der Waals surface area contributed by atoms with E-state index in [2.05, 4.69) is 20.8 Å². The molecule has 2 aliphatic rings. The Balaban J connectivity index is 2.31. The van der Waals surface area contributed by atoms with E-state index in [1.165, 1.54) is 25.7 Å². The largest absolute Gasteiger partial charge is 0.390 e. The van der Waals surface area contributed by atoms with Crippen molar-refractivity contribution in [3.05, 3.63) is 0 Å². The van der Waals surface area contributed by atoms with Crippen molar-refractivity contribution in [1.29, 1.82) is 0 Å². The van der Waals surface area contributed by atoms with Crippen LogP contribution in [0, 0.1) is 17.8 Å². The molecular weight excluding hydrogens is 264 g/mol. The normalized spacial score (nSPS) is 41.7. The molecule has 2 rings (SSSR count). The van der Waals surface area contributed by atoms with Crippen molar-refractivity contribution in [2.24, 2.45) is 17.8 Å². The summed E-state index contributed by atoms with van der Waals surface area (Å²) in [7, 11) is 0. The Morgan fingerprint density at radius 2 is 1.52 bits per heavy atom. The number of hydrogen-bond donors (Lipinski definition) is 2. The molecule has 3 nitrogen and oxygen atoms in total. The van der Waals surface area contributed by atoms with E-state index in [-0.39, 0.29) is 17.8 Å². The second-order valence-electron chi connectivity index (χ2n) is 7.41. The molecule has 21 heavy (non-hydrogen) atoms. The Morgan fingerprint density at radius 1 is 1.00 bits per heavy atom. The van der Waals surface area contributed by atoms with E-state index in [1.807, 2.05) is 6.92 Å². The van der Waals surface area contributed by atoms with Gasteiger partial charge in [-0.3, -0.25) is 0 Å². The maximum Gasteiger partial charge on any atom is 0.172 e. The Hall–Kier alpha value is -0.120. The first kappa shape index (κ1) is 17.2.